The zero-order chi connectivity index (χ0) is 13.8. The maximum atomic E-state index is 5.66. The molecule has 5 nitrogen and oxygen atoms in total. The molecular formula is C14H24N4OS. The molecule has 112 valence electrons. The van der Waals surface area contributed by atoms with Gasteiger partial charge in [-0.15, -0.1) is 10.2 Å². The molecular weight excluding hydrogens is 272 g/mol. The highest BCUT2D eigenvalue weighted by molar-refractivity contribution is 7.99. The third kappa shape index (κ3) is 3.54. The number of ether oxygens (including phenoxy) is 1. The van der Waals surface area contributed by atoms with Crippen molar-refractivity contribution >= 4 is 11.8 Å². The van der Waals surface area contributed by atoms with Crippen LogP contribution >= 0.6 is 11.8 Å². The molecule has 0 aliphatic carbocycles. The highest BCUT2D eigenvalue weighted by Crippen LogP contribution is 2.24. The van der Waals surface area contributed by atoms with Gasteiger partial charge in [0, 0.05) is 25.8 Å². The lowest BCUT2D eigenvalue weighted by Crippen LogP contribution is -2.29. The first-order valence-corrected chi connectivity index (χ1v) is 8.65. The average molecular weight is 296 g/mol. The van der Waals surface area contributed by atoms with Gasteiger partial charge < -0.3 is 14.6 Å². The van der Waals surface area contributed by atoms with Gasteiger partial charge in [-0.25, -0.2) is 0 Å². The maximum Gasteiger partial charge on any atom is 0.191 e. The molecule has 3 heterocycles. The fourth-order valence-electron chi connectivity index (χ4n) is 2.94. The summed E-state index contributed by atoms with van der Waals surface area (Å²) in [4.78, 5) is 0. The van der Waals surface area contributed by atoms with Crippen LogP contribution in [-0.2, 0) is 18.2 Å². The number of hydrogen-bond donors (Lipinski definition) is 1. The van der Waals surface area contributed by atoms with E-state index in [4.69, 9.17) is 4.74 Å². The minimum atomic E-state index is 0.407. The van der Waals surface area contributed by atoms with E-state index in [0.29, 0.717) is 6.10 Å². The molecule has 20 heavy (non-hydrogen) atoms. The van der Waals surface area contributed by atoms with Gasteiger partial charge >= 0.3 is 0 Å². The Kier molecular flexibility index (Phi) is 4.96. The van der Waals surface area contributed by atoms with E-state index in [1.807, 2.05) is 0 Å². The van der Waals surface area contributed by atoms with Gasteiger partial charge in [-0.1, -0.05) is 11.8 Å². The predicted molar refractivity (Wildman–Crippen MR) is 80.0 cm³/mol. The first kappa shape index (κ1) is 14.4. The van der Waals surface area contributed by atoms with E-state index < -0.39 is 0 Å². The van der Waals surface area contributed by atoms with E-state index in [9.17, 15) is 0 Å². The fourth-order valence-corrected chi connectivity index (χ4v) is 3.93. The third-order valence-electron chi connectivity index (χ3n) is 4.28. The van der Waals surface area contributed by atoms with Crippen LogP contribution in [0.5, 0.6) is 0 Å². The van der Waals surface area contributed by atoms with Crippen LogP contribution in [0, 0.1) is 5.92 Å². The van der Waals surface area contributed by atoms with Crippen molar-refractivity contribution in [2.45, 2.75) is 43.4 Å². The van der Waals surface area contributed by atoms with Crippen LogP contribution in [0.4, 0.5) is 0 Å². The van der Waals surface area contributed by atoms with E-state index >= 15 is 0 Å². The van der Waals surface area contributed by atoms with E-state index in [1.54, 1.807) is 11.8 Å². The molecule has 0 bridgehead atoms. The van der Waals surface area contributed by atoms with Crippen molar-refractivity contribution in [1.29, 1.82) is 0 Å². The summed E-state index contributed by atoms with van der Waals surface area (Å²) in [6, 6.07) is 0. The molecule has 1 atom stereocenters. The molecule has 1 N–H and O–H groups in total. The van der Waals surface area contributed by atoms with Crippen molar-refractivity contribution in [2.24, 2.45) is 13.0 Å². The summed E-state index contributed by atoms with van der Waals surface area (Å²) >= 11 is 1.78. The summed E-state index contributed by atoms with van der Waals surface area (Å²) in [6.07, 6.45) is 6.37. The van der Waals surface area contributed by atoms with Gasteiger partial charge in [0.2, 0.25) is 0 Å². The van der Waals surface area contributed by atoms with Crippen LogP contribution in [0.3, 0.4) is 0 Å². The lowest BCUT2D eigenvalue weighted by Gasteiger charge is -2.21. The summed E-state index contributed by atoms with van der Waals surface area (Å²) in [5.74, 6) is 2.89. The normalized spacial score (nSPS) is 24.4. The van der Waals surface area contributed by atoms with Crippen molar-refractivity contribution in [3.05, 3.63) is 5.82 Å². The van der Waals surface area contributed by atoms with Crippen molar-refractivity contribution in [3.63, 3.8) is 0 Å². The molecule has 0 saturated carbocycles. The first-order chi connectivity index (χ1) is 9.83. The van der Waals surface area contributed by atoms with Gasteiger partial charge in [0.25, 0.3) is 0 Å². The van der Waals surface area contributed by atoms with Gasteiger partial charge in [0.15, 0.2) is 5.16 Å². The lowest BCUT2D eigenvalue weighted by molar-refractivity contribution is 0.129. The Hall–Kier alpha value is -0.590. The summed E-state index contributed by atoms with van der Waals surface area (Å²) < 4.78 is 7.83. The Balaban J connectivity index is 1.53. The Labute approximate surface area is 124 Å². The molecule has 1 aromatic heterocycles. The number of thioether (sulfide) groups is 1. The van der Waals surface area contributed by atoms with Gasteiger partial charge in [0.05, 0.1) is 6.10 Å². The molecule has 0 aromatic carbocycles. The second-order valence-electron chi connectivity index (χ2n) is 5.80. The van der Waals surface area contributed by atoms with Crippen molar-refractivity contribution in [3.8, 4) is 0 Å². The molecule has 3 rings (SSSR count). The topological polar surface area (TPSA) is 52.0 Å². The largest absolute Gasteiger partial charge is 0.377 e. The van der Waals surface area contributed by atoms with Crippen LogP contribution < -0.4 is 5.32 Å². The molecule has 0 radical (unpaired) electrons. The van der Waals surface area contributed by atoms with Crippen LogP contribution in [0.2, 0.25) is 0 Å². The molecule has 2 fully saturated rings. The number of hydrogen-bond acceptors (Lipinski definition) is 5. The second kappa shape index (κ2) is 6.91. The van der Waals surface area contributed by atoms with Crippen molar-refractivity contribution in [1.82, 2.24) is 20.1 Å². The first-order valence-electron chi connectivity index (χ1n) is 7.66. The number of piperidine rings is 1. The standard InChI is InChI=1S/C14H24N4OS/c1-18-13(9-11-4-6-15-7-5-11)16-17-14(18)20-10-12-3-2-8-19-12/h11-12,15H,2-10H2,1H3. The molecule has 1 aromatic rings. The zero-order valence-electron chi connectivity index (χ0n) is 12.2. The predicted octanol–water partition coefficient (Wildman–Crippen LogP) is 1.63. The van der Waals surface area contributed by atoms with Crippen LogP contribution in [0.1, 0.15) is 31.5 Å². The summed E-state index contributed by atoms with van der Waals surface area (Å²) in [7, 11) is 2.09. The van der Waals surface area contributed by atoms with E-state index in [2.05, 4.69) is 27.1 Å². The Morgan fingerprint density at radius 3 is 2.90 bits per heavy atom. The molecule has 1 unspecified atom stereocenters. The number of nitrogens with zero attached hydrogens (tertiary/aromatic N) is 3. The van der Waals surface area contributed by atoms with Crippen LogP contribution in [0.25, 0.3) is 0 Å². The molecule has 2 aliphatic rings. The Bertz CT molecular complexity index is 425. The maximum absolute atomic E-state index is 5.66. The highest BCUT2D eigenvalue weighted by Gasteiger charge is 2.20. The third-order valence-corrected chi connectivity index (χ3v) is 5.43. The molecule has 0 amide bonds. The van der Waals surface area contributed by atoms with E-state index in [1.165, 1.54) is 25.7 Å². The SMILES string of the molecule is Cn1c(CC2CCNCC2)nnc1SCC1CCCO1. The van der Waals surface area contributed by atoms with Gasteiger partial charge in [-0.2, -0.15) is 0 Å². The minimum absolute atomic E-state index is 0.407. The highest BCUT2D eigenvalue weighted by atomic mass is 32.2. The van der Waals surface area contributed by atoms with E-state index in [-0.39, 0.29) is 0 Å². The monoisotopic (exact) mass is 296 g/mol. The molecule has 6 heteroatoms. The van der Waals surface area contributed by atoms with Gasteiger partial charge in [-0.3, -0.25) is 0 Å². The summed E-state index contributed by atoms with van der Waals surface area (Å²) in [5, 5.41) is 13.2. The summed E-state index contributed by atoms with van der Waals surface area (Å²) in [6.45, 7) is 3.21. The summed E-state index contributed by atoms with van der Waals surface area (Å²) in [5.41, 5.74) is 0. The van der Waals surface area contributed by atoms with Crippen LogP contribution in [-0.4, -0.2) is 46.3 Å². The van der Waals surface area contributed by atoms with Crippen molar-refractivity contribution in [2.75, 3.05) is 25.4 Å². The average Bonchev–Trinajstić information content (AvgIpc) is 3.10. The van der Waals surface area contributed by atoms with Gasteiger partial charge in [0.1, 0.15) is 5.82 Å². The number of aromatic nitrogens is 3. The van der Waals surface area contributed by atoms with Gasteiger partial charge in [-0.05, 0) is 44.7 Å². The fraction of sp³-hybridized carbons (Fsp3) is 0.857. The Morgan fingerprint density at radius 2 is 2.15 bits per heavy atom. The quantitative estimate of drug-likeness (QED) is 0.837. The van der Waals surface area contributed by atoms with E-state index in [0.717, 1.165) is 48.8 Å². The molecule has 2 saturated heterocycles. The number of nitrogens with one attached hydrogen (secondary N) is 1. The number of rotatable bonds is 5. The Morgan fingerprint density at radius 1 is 1.30 bits per heavy atom. The smallest absolute Gasteiger partial charge is 0.191 e. The minimum Gasteiger partial charge on any atom is -0.377 e. The molecule has 2 aliphatic heterocycles. The van der Waals surface area contributed by atoms with Crippen molar-refractivity contribution < 1.29 is 4.74 Å². The lowest BCUT2D eigenvalue weighted by atomic mass is 9.94. The second-order valence-corrected chi connectivity index (χ2v) is 6.79. The van der Waals surface area contributed by atoms with Crippen LogP contribution in [0.15, 0.2) is 5.16 Å². The molecule has 0 spiro atoms. The zero-order valence-corrected chi connectivity index (χ0v) is 13.0.